The molecule has 20 heavy (non-hydrogen) atoms. The number of hydrogen-bond donors (Lipinski definition) is 1. The minimum Gasteiger partial charge on any atom is -0.341 e. The van der Waals surface area contributed by atoms with E-state index in [4.69, 9.17) is 0 Å². The van der Waals surface area contributed by atoms with Crippen LogP contribution in [0.4, 0.5) is 0 Å². The van der Waals surface area contributed by atoms with Crippen molar-refractivity contribution in [2.24, 2.45) is 0 Å². The van der Waals surface area contributed by atoms with Gasteiger partial charge in [-0.2, -0.15) is 0 Å². The van der Waals surface area contributed by atoms with Crippen LogP contribution in [-0.2, 0) is 9.59 Å². The lowest BCUT2D eigenvalue weighted by Gasteiger charge is -2.35. The predicted molar refractivity (Wildman–Crippen MR) is 78.3 cm³/mol. The Hall–Kier alpha value is -1.10. The fourth-order valence-corrected chi connectivity index (χ4v) is 3.28. The van der Waals surface area contributed by atoms with Crippen LogP contribution in [0.3, 0.4) is 0 Å². The van der Waals surface area contributed by atoms with Gasteiger partial charge in [0.25, 0.3) is 0 Å². The minimum atomic E-state index is -0.194. The molecule has 1 atom stereocenters. The van der Waals surface area contributed by atoms with Gasteiger partial charge in [0.2, 0.25) is 11.8 Å². The van der Waals surface area contributed by atoms with Crippen molar-refractivity contribution >= 4 is 11.8 Å². The molecule has 2 heterocycles. The van der Waals surface area contributed by atoms with Crippen molar-refractivity contribution in [3.63, 3.8) is 0 Å². The molecule has 2 amide bonds. The van der Waals surface area contributed by atoms with E-state index in [1.807, 2.05) is 23.8 Å². The van der Waals surface area contributed by atoms with Gasteiger partial charge in [-0.25, -0.2) is 0 Å². The second-order valence-corrected chi connectivity index (χ2v) is 5.88. The van der Waals surface area contributed by atoms with E-state index in [1.165, 1.54) is 0 Å². The number of carbonyl (C=O) groups excluding carboxylic acids is 2. The van der Waals surface area contributed by atoms with Crippen molar-refractivity contribution in [1.82, 2.24) is 15.1 Å². The highest BCUT2D eigenvalue weighted by Gasteiger charge is 2.36. The van der Waals surface area contributed by atoms with E-state index in [9.17, 15) is 9.59 Å². The van der Waals surface area contributed by atoms with Gasteiger partial charge in [-0.05, 0) is 39.2 Å². The average Bonchev–Trinajstić information content (AvgIpc) is 2.96. The molecule has 0 aromatic rings. The highest BCUT2D eigenvalue weighted by molar-refractivity contribution is 5.88. The van der Waals surface area contributed by atoms with Crippen LogP contribution in [0, 0.1) is 0 Å². The summed E-state index contributed by atoms with van der Waals surface area (Å²) >= 11 is 0. The minimum absolute atomic E-state index is 0.147. The number of amides is 2. The van der Waals surface area contributed by atoms with Crippen LogP contribution in [-0.4, -0.2) is 60.4 Å². The van der Waals surface area contributed by atoms with Gasteiger partial charge in [0.05, 0.1) is 0 Å². The number of carbonyl (C=O) groups is 2. The molecule has 0 aliphatic carbocycles. The number of nitrogens with one attached hydrogen (secondary N) is 1. The molecule has 0 saturated carbocycles. The van der Waals surface area contributed by atoms with Crippen LogP contribution in [0.1, 0.15) is 45.4 Å². The summed E-state index contributed by atoms with van der Waals surface area (Å²) in [6.07, 6.45) is 5.23. The Morgan fingerprint density at radius 2 is 1.85 bits per heavy atom. The van der Waals surface area contributed by atoms with Crippen molar-refractivity contribution in [2.75, 3.05) is 26.7 Å². The maximum atomic E-state index is 12.6. The molecule has 0 radical (unpaired) electrons. The molecule has 5 nitrogen and oxygen atoms in total. The van der Waals surface area contributed by atoms with Gasteiger partial charge < -0.3 is 15.1 Å². The van der Waals surface area contributed by atoms with E-state index in [2.05, 4.69) is 5.32 Å². The molecule has 5 heteroatoms. The molecule has 2 aliphatic rings. The van der Waals surface area contributed by atoms with Crippen LogP contribution in [0.15, 0.2) is 0 Å². The lowest BCUT2D eigenvalue weighted by Crippen LogP contribution is -2.51. The first-order valence-electron chi connectivity index (χ1n) is 7.93. The molecule has 0 aromatic carbocycles. The van der Waals surface area contributed by atoms with E-state index in [-0.39, 0.29) is 17.9 Å². The third-order valence-corrected chi connectivity index (χ3v) is 4.54. The van der Waals surface area contributed by atoms with E-state index >= 15 is 0 Å². The highest BCUT2D eigenvalue weighted by Crippen LogP contribution is 2.22. The molecule has 0 bridgehead atoms. The summed E-state index contributed by atoms with van der Waals surface area (Å²) in [5, 5.41) is 3.27. The van der Waals surface area contributed by atoms with Gasteiger partial charge >= 0.3 is 0 Å². The summed E-state index contributed by atoms with van der Waals surface area (Å²) < 4.78 is 0. The fourth-order valence-electron chi connectivity index (χ4n) is 3.28. The number of likely N-dealkylation sites (tertiary alicyclic amines) is 2. The van der Waals surface area contributed by atoms with E-state index < -0.39 is 0 Å². The van der Waals surface area contributed by atoms with E-state index in [0.29, 0.717) is 12.5 Å². The molecule has 0 aromatic heterocycles. The Labute approximate surface area is 121 Å². The first-order valence-corrected chi connectivity index (χ1v) is 7.93. The standard InChI is InChI=1S/C15H27N3O2/c1-3-5-14(19)18-9-4-6-13(18)15(20)17-10-7-12(16-2)8-11-17/h12-13,16H,3-11H2,1-2H3. The maximum Gasteiger partial charge on any atom is 0.245 e. The zero-order chi connectivity index (χ0) is 14.5. The number of piperidine rings is 1. The van der Waals surface area contributed by atoms with E-state index in [1.54, 1.807) is 0 Å². The number of nitrogens with zero attached hydrogens (tertiary/aromatic N) is 2. The largest absolute Gasteiger partial charge is 0.341 e. The normalized spacial score (nSPS) is 24.2. The zero-order valence-electron chi connectivity index (χ0n) is 12.7. The second kappa shape index (κ2) is 7.07. The summed E-state index contributed by atoms with van der Waals surface area (Å²) in [7, 11) is 1.98. The molecular formula is C15H27N3O2. The Morgan fingerprint density at radius 1 is 1.15 bits per heavy atom. The molecule has 114 valence electrons. The van der Waals surface area contributed by atoms with Crippen LogP contribution in [0.25, 0.3) is 0 Å². The lowest BCUT2D eigenvalue weighted by molar-refractivity contribution is -0.144. The van der Waals surface area contributed by atoms with Crippen LogP contribution in [0.5, 0.6) is 0 Å². The zero-order valence-corrected chi connectivity index (χ0v) is 12.7. The van der Waals surface area contributed by atoms with Gasteiger partial charge in [-0.3, -0.25) is 9.59 Å². The predicted octanol–water partition coefficient (Wildman–Crippen LogP) is 0.988. The van der Waals surface area contributed by atoms with Crippen LogP contribution in [0.2, 0.25) is 0 Å². The summed E-state index contributed by atoms with van der Waals surface area (Å²) in [5.74, 6) is 0.315. The van der Waals surface area contributed by atoms with Gasteiger partial charge in [-0.1, -0.05) is 6.92 Å². The molecule has 0 spiro atoms. The summed E-state index contributed by atoms with van der Waals surface area (Å²) in [5.41, 5.74) is 0. The summed E-state index contributed by atoms with van der Waals surface area (Å²) in [6.45, 7) is 4.39. The molecule has 2 rings (SSSR count). The third kappa shape index (κ3) is 3.32. The van der Waals surface area contributed by atoms with Gasteiger partial charge in [0.15, 0.2) is 0 Å². The highest BCUT2D eigenvalue weighted by atomic mass is 16.2. The fraction of sp³-hybridized carbons (Fsp3) is 0.867. The summed E-state index contributed by atoms with van der Waals surface area (Å²) in [4.78, 5) is 28.5. The first kappa shape index (κ1) is 15.3. The Balaban J connectivity index is 1.92. The summed E-state index contributed by atoms with van der Waals surface area (Å²) in [6, 6.07) is 0.334. The quantitative estimate of drug-likeness (QED) is 0.836. The molecule has 2 saturated heterocycles. The molecule has 1 N–H and O–H groups in total. The van der Waals surface area contributed by atoms with Gasteiger partial charge in [0, 0.05) is 32.1 Å². The van der Waals surface area contributed by atoms with Crippen molar-refractivity contribution < 1.29 is 9.59 Å². The van der Waals surface area contributed by atoms with Crippen LogP contribution >= 0.6 is 0 Å². The van der Waals surface area contributed by atoms with Crippen molar-refractivity contribution in [3.05, 3.63) is 0 Å². The Morgan fingerprint density at radius 3 is 2.45 bits per heavy atom. The first-order chi connectivity index (χ1) is 9.67. The monoisotopic (exact) mass is 281 g/mol. The van der Waals surface area contributed by atoms with Gasteiger partial charge in [0.1, 0.15) is 6.04 Å². The molecular weight excluding hydrogens is 254 g/mol. The Kier molecular flexibility index (Phi) is 5.40. The third-order valence-electron chi connectivity index (χ3n) is 4.54. The van der Waals surface area contributed by atoms with E-state index in [0.717, 1.165) is 51.7 Å². The average molecular weight is 281 g/mol. The SMILES string of the molecule is CCCC(=O)N1CCCC1C(=O)N1CCC(NC)CC1. The lowest BCUT2D eigenvalue weighted by atomic mass is 10.0. The van der Waals surface area contributed by atoms with Crippen LogP contribution < -0.4 is 5.32 Å². The van der Waals surface area contributed by atoms with Crippen molar-refractivity contribution in [3.8, 4) is 0 Å². The van der Waals surface area contributed by atoms with Crippen molar-refractivity contribution in [1.29, 1.82) is 0 Å². The topological polar surface area (TPSA) is 52.7 Å². The number of hydrogen-bond acceptors (Lipinski definition) is 3. The maximum absolute atomic E-state index is 12.6. The molecule has 1 unspecified atom stereocenters. The van der Waals surface area contributed by atoms with Gasteiger partial charge in [-0.15, -0.1) is 0 Å². The smallest absolute Gasteiger partial charge is 0.245 e. The molecule has 2 aliphatic heterocycles. The number of rotatable bonds is 4. The Bertz CT molecular complexity index is 351. The second-order valence-electron chi connectivity index (χ2n) is 5.88. The molecule has 2 fully saturated rings. The van der Waals surface area contributed by atoms with Crippen molar-refractivity contribution in [2.45, 2.75) is 57.5 Å².